The summed E-state index contributed by atoms with van der Waals surface area (Å²) in [6, 6.07) is 19.8. The number of nitrogens with zero attached hydrogens (tertiary/aromatic N) is 1. The SMILES string of the molecule is C[C@@H](OC(=O)c1ccc(COc2ccccc2)cc1)C(=O)Nc1sccc1C#N. The van der Waals surface area contributed by atoms with Gasteiger partial charge in [-0.2, -0.15) is 5.26 Å². The number of ether oxygens (including phenoxy) is 2. The normalized spacial score (nSPS) is 11.2. The predicted octanol–water partition coefficient (Wildman–Crippen LogP) is 4.38. The van der Waals surface area contributed by atoms with Crippen LogP contribution in [-0.2, 0) is 16.1 Å². The first-order valence-electron chi connectivity index (χ1n) is 8.83. The minimum atomic E-state index is -1.00. The van der Waals surface area contributed by atoms with Crippen LogP contribution in [0.25, 0.3) is 0 Å². The van der Waals surface area contributed by atoms with Gasteiger partial charge in [0.2, 0.25) is 0 Å². The molecular weight excluding hydrogens is 388 g/mol. The first-order valence-corrected chi connectivity index (χ1v) is 9.71. The predicted molar refractivity (Wildman–Crippen MR) is 110 cm³/mol. The highest BCUT2D eigenvalue weighted by atomic mass is 32.1. The third-order valence-corrected chi connectivity index (χ3v) is 4.84. The molecule has 6 nitrogen and oxygen atoms in total. The zero-order valence-corrected chi connectivity index (χ0v) is 16.4. The van der Waals surface area contributed by atoms with Crippen LogP contribution in [0.2, 0.25) is 0 Å². The molecule has 0 radical (unpaired) electrons. The minimum Gasteiger partial charge on any atom is -0.489 e. The number of hydrogen-bond acceptors (Lipinski definition) is 6. The van der Waals surface area contributed by atoms with Crippen LogP contribution in [0.4, 0.5) is 5.00 Å². The van der Waals surface area contributed by atoms with E-state index in [9.17, 15) is 9.59 Å². The van der Waals surface area contributed by atoms with Crippen LogP contribution in [0.1, 0.15) is 28.4 Å². The molecule has 0 fully saturated rings. The topological polar surface area (TPSA) is 88.4 Å². The number of para-hydroxylation sites is 1. The quantitative estimate of drug-likeness (QED) is 0.588. The monoisotopic (exact) mass is 406 g/mol. The van der Waals surface area contributed by atoms with Crippen LogP contribution >= 0.6 is 11.3 Å². The van der Waals surface area contributed by atoms with Crippen molar-refractivity contribution in [3.63, 3.8) is 0 Å². The average Bonchev–Trinajstić information content (AvgIpc) is 3.20. The Labute approximate surface area is 172 Å². The number of thiophene rings is 1. The summed E-state index contributed by atoms with van der Waals surface area (Å²) in [5.74, 6) is -0.332. The smallest absolute Gasteiger partial charge is 0.338 e. The number of benzene rings is 2. The van der Waals surface area contributed by atoms with Crippen molar-refractivity contribution < 1.29 is 19.1 Å². The summed E-state index contributed by atoms with van der Waals surface area (Å²) < 4.78 is 10.9. The van der Waals surface area contributed by atoms with Crippen LogP contribution in [0, 0.1) is 11.3 Å². The number of anilines is 1. The van der Waals surface area contributed by atoms with Gasteiger partial charge in [0.05, 0.1) is 11.1 Å². The van der Waals surface area contributed by atoms with E-state index < -0.39 is 18.0 Å². The van der Waals surface area contributed by atoms with Gasteiger partial charge in [-0.25, -0.2) is 4.79 Å². The Hall–Kier alpha value is -3.63. The summed E-state index contributed by atoms with van der Waals surface area (Å²) >= 11 is 1.23. The lowest BCUT2D eigenvalue weighted by atomic mass is 10.1. The van der Waals surface area contributed by atoms with Gasteiger partial charge in [-0.15, -0.1) is 11.3 Å². The van der Waals surface area contributed by atoms with Gasteiger partial charge in [-0.05, 0) is 48.2 Å². The van der Waals surface area contributed by atoms with Crippen LogP contribution < -0.4 is 10.1 Å². The molecule has 2 aromatic carbocycles. The standard InChI is InChI=1S/C22H18N2O4S/c1-15(20(25)24-21-18(13-23)11-12-29-21)28-22(26)17-9-7-16(8-10-17)14-27-19-5-3-2-4-6-19/h2-12,15H,14H2,1H3,(H,24,25)/t15-/m1/s1. The van der Waals surface area contributed by atoms with Gasteiger partial charge >= 0.3 is 5.97 Å². The van der Waals surface area contributed by atoms with Gasteiger partial charge in [0.15, 0.2) is 6.10 Å². The molecular formula is C22H18N2O4S. The number of esters is 1. The number of rotatable bonds is 7. The van der Waals surface area contributed by atoms with E-state index in [4.69, 9.17) is 14.7 Å². The largest absolute Gasteiger partial charge is 0.489 e. The molecule has 1 amide bonds. The minimum absolute atomic E-state index is 0.335. The molecule has 1 aromatic heterocycles. The van der Waals surface area contributed by atoms with Crippen molar-refractivity contribution in [3.05, 3.63) is 82.7 Å². The van der Waals surface area contributed by atoms with E-state index in [2.05, 4.69) is 5.32 Å². The van der Waals surface area contributed by atoms with Crippen molar-refractivity contribution in [1.29, 1.82) is 5.26 Å². The zero-order valence-electron chi connectivity index (χ0n) is 15.6. The van der Waals surface area contributed by atoms with Crippen molar-refractivity contribution >= 4 is 28.2 Å². The number of hydrogen-bond donors (Lipinski definition) is 1. The van der Waals surface area contributed by atoms with Crippen molar-refractivity contribution in [1.82, 2.24) is 0 Å². The molecule has 0 saturated heterocycles. The fourth-order valence-electron chi connectivity index (χ4n) is 2.41. The van der Waals surface area contributed by atoms with E-state index >= 15 is 0 Å². The highest BCUT2D eigenvalue weighted by Gasteiger charge is 2.20. The molecule has 3 rings (SSSR count). The molecule has 0 spiro atoms. The van der Waals surface area contributed by atoms with Crippen molar-refractivity contribution in [2.45, 2.75) is 19.6 Å². The Kier molecular flexibility index (Phi) is 6.61. The van der Waals surface area contributed by atoms with Crippen molar-refractivity contribution in [2.24, 2.45) is 0 Å². The summed E-state index contributed by atoms with van der Waals surface area (Å²) in [7, 11) is 0. The Morgan fingerprint density at radius 3 is 2.52 bits per heavy atom. The third-order valence-electron chi connectivity index (χ3n) is 4.01. The van der Waals surface area contributed by atoms with E-state index in [1.807, 2.05) is 36.4 Å². The Morgan fingerprint density at radius 1 is 1.10 bits per heavy atom. The Balaban J connectivity index is 1.53. The lowest BCUT2D eigenvalue weighted by Crippen LogP contribution is -2.29. The van der Waals surface area contributed by atoms with Crippen LogP contribution in [0.3, 0.4) is 0 Å². The number of amides is 1. The maximum absolute atomic E-state index is 12.3. The molecule has 0 bridgehead atoms. The highest BCUT2D eigenvalue weighted by molar-refractivity contribution is 7.14. The van der Waals surface area contributed by atoms with E-state index in [0.29, 0.717) is 22.7 Å². The summed E-state index contributed by atoms with van der Waals surface area (Å²) in [5.41, 5.74) is 1.61. The molecule has 0 unspecified atom stereocenters. The molecule has 0 aliphatic rings. The molecule has 0 aliphatic carbocycles. The highest BCUT2D eigenvalue weighted by Crippen LogP contribution is 2.22. The summed E-state index contributed by atoms with van der Waals surface area (Å²) in [5, 5.41) is 13.7. The molecule has 1 N–H and O–H groups in total. The van der Waals surface area contributed by atoms with E-state index in [-0.39, 0.29) is 0 Å². The van der Waals surface area contributed by atoms with Gasteiger partial charge in [0.25, 0.3) is 5.91 Å². The molecule has 0 saturated carbocycles. The molecule has 146 valence electrons. The van der Waals surface area contributed by atoms with E-state index in [1.54, 1.807) is 35.7 Å². The zero-order chi connectivity index (χ0) is 20.6. The maximum Gasteiger partial charge on any atom is 0.338 e. The molecule has 7 heteroatoms. The van der Waals surface area contributed by atoms with Gasteiger partial charge in [-0.3, -0.25) is 4.79 Å². The number of nitriles is 1. The number of carbonyl (C=O) groups is 2. The van der Waals surface area contributed by atoms with Crippen molar-refractivity contribution in [2.75, 3.05) is 5.32 Å². The van der Waals surface area contributed by atoms with Gasteiger partial charge in [0.1, 0.15) is 23.4 Å². The number of nitrogens with one attached hydrogen (secondary N) is 1. The molecule has 29 heavy (non-hydrogen) atoms. The van der Waals surface area contributed by atoms with E-state index in [1.165, 1.54) is 18.3 Å². The second-order valence-electron chi connectivity index (χ2n) is 6.11. The second kappa shape index (κ2) is 9.53. The fraction of sp³-hybridized carbons (Fsp3) is 0.136. The summed E-state index contributed by atoms with van der Waals surface area (Å²) in [6.07, 6.45) is -1.00. The van der Waals surface area contributed by atoms with Gasteiger partial charge < -0.3 is 14.8 Å². The number of carbonyl (C=O) groups excluding carboxylic acids is 2. The van der Waals surface area contributed by atoms with Crippen LogP contribution in [-0.4, -0.2) is 18.0 Å². The Morgan fingerprint density at radius 2 is 1.83 bits per heavy atom. The Bertz CT molecular complexity index is 1020. The van der Waals surface area contributed by atoms with Crippen molar-refractivity contribution in [3.8, 4) is 11.8 Å². The molecule has 3 aromatic rings. The first-order chi connectivity index (χ1) is 14.1. The van der Waals surface area contributed by atoms with E-state index in [0.717, 1.165) is 11.3 Å². The molecule has 1 heterocycles. The second-order valence-corrected chi connectivity index (χ2v) is 7.03. The van der Waals surface area contributed by atoms with Crippen LogP contribution in [0.15, 0.2) is 66.0 Å². The molecule has 1 atom stereocenters. The first kappa shape index (κ1) is 20.1. The lowest BCUT2D eigenvalue weighted by Gasteiger charge is -2.13. The van der Waals surface area contributed by atoms with Gasteiger partial charge in [0, 0.05) is 0 Å². The fourth-order valence-corrected chi connectivity index (χ4v) is 3.15. The third kappa shape index (κ3) is 5.43. The van der Waals surface area contributed by atoms with Gasteiger partial charge in [-0.1, -0.05) is 30.3 Å². The summed E-state index contributed by atoms with van der Waals surface area (Å²) in [6.45, 7) is 1.86. The maximum atomic E-state index is 12.3. The average molecular weight is 406 g/mol. The lowest BCUT2D eigenvalue weighted by molar-refractivity contribution is -0.123. The van der Waals surface area contributed by atoms with Crippen LogP contribution in [0.5, 0.6) is 5.75 Å². The molecule has 0 aliphatic heterocycles. The summed E-state index contributed by atoms with van der Waals surface area (Å²) in [4.78, 5) is 24.5.